The number of aliphatic hydroxyl groups is 1. The molecule has 18 heavy (non-hydrogen) atoms. The minimum Gasteiger partial charge on any atom is -0.385 e. The van der Waals surface area contributed by atoms with Gasteiger partial charge < -0.3 is 10.8 Å². The predicted molar refractivity (Wildman–Crippen MR) is 75.4 cm³/mol. The molecule has 0 aromatic heterocycles. The van der Waals surface area contributed by atoms with Crippen molar-refractivity contribution in [2.75, 3.05) is 6.54 Å². The Balaban J connectivity index is 2.15. The van der Waals surface area contributed by atoms with E-state index in [0.717, 1.165) is 50.6 Å². The van der Waals surface area contributed by atoms with E-state index in [9.17, 15) is 5.11 Å². The molecule has 0 saturated heterocycles. The molecule has 1 aromatic carbocycles. The lowest BCUT2D eigenvalue weighted by molar-refractivity contribution is 0.0206. The standard InChI is InChI=1S/C16H25NO/c17-12-6-8-14-7-5-9-15(13-14)16(18)10-3-1-2-4-11-16/h5,7,9,13,18H,1-4,6,8,10-12,17H2. The Hall–Kier alpha value is -0.860. The molecule has 1 fully saturated rings. The third-order valence-corrected chi connectivity index (χ3v) is 4.06. The van der Waals surface area contributed by atoms with Gasteiger partial charge in [-0.1, -0.05) is 49.9 Å². The van der Waals surface area contributed by atoms with Crippen molar-refractivity contribution in [1.29, 1.82) is 0 Å². The highest BCUT2D eigenvalue weighted by molar-refractivity contribution is 5.28. The maximum Gasteiger partial charge on any atom is 0.0896 e. The molecular formula is C16H25NO. The third-order valence-electron chi connectivity index (χ3n) is 4.06. The Morgan fingerprint density at radius 3 is 2.50 bits per heavy atom. The highest BCUT2D eigenvalue weighted by Crippen LogP contribution is 2.36. The van der Waals surface area contributed by atoms with Crippen LogP contribution in [0.5, 0.6) is 0 Å². The molecule has 1 aliphatic rings. The summed E-state index contributed by atoms with van der Waals surface area (Å²) in [6.07, 6.45) is 8.65. The highest BCUT2D eigenvalue weighted by Gasteiger charge is 2.29. The number of nitrogens with two attached hydrogens (primary N) is 1. The Labute approximate surface area is 110 Å². The van der Waals surface area contributed by atoms with Gasteiger partial charge in [-0.3, -0.25) is 0 Å². The van der Waals surface area contributed by atoms with Gasteiger partial charge >= 0.3 is 0 Å². The highest BCUT2D eigenvalue weighted by atomic mass is 16.3. The Morgan fingerprint density at radius 2 is 1.83 bits per heavy atom. The number of benzene rings is 1. The second-order valence-corrected chi connectivity index (χ2v) is 5.54. The average Bonchev–Trinajstić information content (AvgIpc) is 2.63. The van der Waals surface area contributed by atoms with Crippen LogP contribution in [0.4, 0.5) is 0 Å². The minimum absolute atomic E-state index is 0.588. The topological polar surface area (TPSA) is 46.2 Å². The number of rotatable bonds is 4. The largest absolute Gasteiger partial charge is 0.385 e. The van der Waals surface area contributed by atoms with Crippen molar-refractivity contribution in [1.82, 2.24) is 0 Å². The lowest BCUT2D eigenvalue weighted by atomic mass is 9.85. The molecule has 1 saturated carbocycles. The first-order chi connectivity index (χ1) is 8.74. The van der Waals surface area contributed by atoms with Gasteiger partial charge in [-0.25, -0.2) is 0 Å². The van der Waals surface area contributed by atoms with Crippen molar-refractivity contribution in [2.45, 2.75) is 57.0 Å². The summed E-state index contributed by atoms with van der Waals surface area (Å²) in [5.74, 6) is 0. The predicted octanol–water partition coefficient (Wildman–Crippen LogP) is 3.12. The van der Waals surface area contributed by atoms with Gasteiger partial charge in [0.2, 0.25) is 0 Å². The van der Waals surface area contributed by atoms with Crippen molar-refractivity contribution in [3.63, 3.8) is 0 Å². The molecule has 0 amide bonds. The van der Waals surface area contributed by atoms with Crippen molar-refractivity contribution in [3.05, 3.63) is 35.4 Å². The van der Waals surface area contributed by atoms with E-state index in [1.165, 1.54) is 18.4 Å². The number of aryl methyl sites for hydroxylation is 1. The molecule has 0 heterocycles. The third kappa shape index (κ3) is 3.33. The molecule has 0 atom stereocenters. The molecule has 0 unspecified atom stereocenters. The summed E-state index contributed by atoms with van der Waals surface area (Å²) >= 11 is 0. The summed E-state index contributed by atoms with van der Waals surface area (Å²) < 4.78 is 0. The molecule has 3 N–H and O–H groups in total. The molecule has 0 radical (unpaired) electrons. The van der Waals surface area contributed by atoms with E-state index in [2.05, 4.69) is 24.3 Å². The molecule has 2 nitrogen and oxygen atoms in total. The van der Waals surface area contributed by atoms with Gasteiger partial charge in [0.15, 0.2) is 0 Å². The van der Waals surface area contributed by atoms with Crippen molar-refractivity contribution < 1.29 is 5.11 Å². The van der Waals surface area contributed by atoms with Gasteiger partial charge in [-0.2, -0.15) is 0 Å². The molecule has 0 aliphatic heterocycles. The van der Waals surface area contributed by atoms with Crippen LogP contribution in [0.1, 0.15) is 56.1 Å². The van der Waals surface area contributed by atoms with Crippen LogP contribution in [0, 0.1) is 0 Å². The van der Waals surface area contributed by atoms with Crippen LogP contribution >= 0.6 is 0 Å². The summed E-state index contributed by atoms with van der Waals surface area (Å²) in [6, 6.07) is 8.47. The van der Waals surface area contributed by atoms with Crippen molar-refractivity contribution >= 4 is 0 Å². The van der Waals surface area contributed by atoms with Gasteiger partial charge in [-0.05, 0) is 43.4 Å². The molecular weight excluding hydrogens is 222 g/mol. The van der Waals surface area contributed by atoms with Crippen molar-refractivity contribution in [3.8, 4) is 0 Å². The Kier molecular flexibility index (Phi) is 4.79. The maximum atomic E-state index is 10.8. The molecule has 1 aromatic rings. The average molecular weight is 247 g/mol. The summed E-state index contributed by atoms with van der Waals surface area (Å²) in [6.45, 7) is 0.731. The number of hydrogen-bond donors (Lipinski definition) is 2. The molecule has 100 valence electrons. The summed E-state index contributed by atoms with van der Waals surface area (Å²) in [7, 11) is 0. The van der Waals surface area contributed by atoms with E-state index < -0.39 is 5.60 Å². The number of hydrogen-bond acceptors (Lipinski definition) is 2. The van der Waals surface area contributed by atoms with Crippen LogP contribution in [-0.2, 0) is 12.0 Å². The molecule has 2 rings (SSSR count). The maximum absolute atomic E-state index is 10.8. The first kappa shape index (κ1) is 13.6. The first-order valence-electron chi connectivity index (χ1n) is 7.26. The summed E-state index contributed by atoms with van der Waals surface area (Å²) in [5.41, 5.74) is 7.38. The van der Waals surface area contributed by atoms with Gasteiger partial charge in [0.25, 0.3) is 0 Å². The van der Waals surface area contributed by atoms with Gasteiger partial charge in [0, 0.05) is 0 Å². The van der Waals surface area contributed by atoms with Gasteiger partial charge in [0.05, 0.1) is 5.60 Å². The fourth-order valence-corrected chi connectivity index (χ4v) is 2.92. The molecule has 0 spiro atoms. The van der Waals surface area contributed by atoms with E-state index in [0.29, 0.717) is 0 Å². The van der Waals surface area contributed by atoms with Crippen LogP contribution in [0.15, 0.2) is 24.3 Å². The van der Waals surface area contributed by atoms with E-state index in [1.54, 1.807) is 0 Å². The second-order valence-electron chi connectivity index (χ2n) is 5.54. The monoisotopic (exact) mass is 247 g/mol. The molecule has 2 heteroatoms. The normalized spacial score (nSPS) is 19.4. The van der Waals surface area contributed by atoms with Crippen molar-refractivity contribution in [2.24, 2.45) is 5.73 Å². The molecule has 1 aliphatic carbocycles. The van der Waals surface area contributed by atoms with E-state index >= 15 is 0 Å². The zero-order valence-electron chi connectivity index (χ0n) is 11.2. The lowest BCUT2D eigenvalue weighted by Gasteiger charge is -2.27. The second kappa shape index (κ2) is 6.35. The van der Waals surface area contributed by atoms with Crippen LogP contribution < -0.4 is 5.73 Å². The smallest absolute Gasteiger partial charge is 0.0896 e. The fourth-order valence-electron chi connectivity index (χ4n) is 2.92. The zero-order chi connectivity index (χ0) is 12.8. The summed E-state index contributed by atoms with van der Waals surface area (Å²) in [5, 5.41) is 10.8. The Bertz CT molecular complexity index is 367. The van der Waals surface area contributed by atoms with Crippen LogP contribution in [0.2, 0.25) is 0 Å². The minimum atomic E-state index is -0.588. The van der Waals surface area contributed by atoms with Crippen LogP contribution in [0.3, 0.4) is 0 Å². The lowest BCUT2D eigenvalue weighted by Crippen LogP contribution is -2.24. The van der Waals surface area contributed by atoms with Crippen LogP contribution in [0.25, 0.3) is 0 Å². The first-order valence-corrected chi connectivity index (χ1v) is 7.26. The molecule has 0 bridgehead atoms. The quantitative estimate of drug-likeness (QED) is 0.803. The van der Waals surface area contributed by atoms with E-state index in [1.807, 2.05) is 0 Å². The fraction of sp³-hybridized carbons (Fsp3) is 0.625. The van der Waals surface area contributed by atoms with E-state index in [4.69, 9.17) is 5.73 Å². The van der Waals surface area contributed by atoms with Gasteiger partial charge in [0.1, 0.15) is 0 Å². The zero-order valence-corrected chi connectivity index (χ0v) is 11.2. The SMILES string of the molecule is NCCCc1cccc(C2(O)CCCCCC2)c1. The van der Waals surface area contributed by atoms with Gasteiger partial charge in [-0.15, -0.1) is 0 Å². The summed E-state index contributed by atoms with van der Waals surface area (Å²) in [4.78, 5) is 0. The van der Waals surface area contributed by atoms with Crippen LogP contribution in [-0.4, -0.2) is 11.7 Å². The Morgan fingerprint density at radius 1 is 1.11 bits per heavy atom. The van der Waals surface area contributed by atoms with E-state index in [-0.39, 0.29) is 0 Å².